The molecular formula is C18H23NO2. The summed E-state index contributed by atoms with van der Waals surface area (Å²) >= 11 is 0. The molecule has 2 aromatic carbocycles. The van der Waals surface area contributed by atoms with Gasteiger partial charge in [0.25, 0.3) is 0 Å². The summed E-state index contributed by atoms with van der Waals surface area (Å²) < 4.78 is 5.50. The van der Waals surface area contributed by atoms with Crippen molar-refractivity contribution >= 4 is 5.69 Å². The molecular weight excluding hydrogens is 262 g/mol. The Kier molecular flexibility index (Phi) is 5.23. The summed E-state index contributed by atoms with van der Waals surface area (Å²) in [5, 5.41) is 12.9. The lowest BCUT2D eigenvalue weighted by Gasteiger charge is -2.14. The van der Waals surface area contributed by atoms with Gasteiger partial charge in [0, 0.05) is 17.8 Å². The van der Waals surface area contributed by atoms with Crippen LogP contribution >= 0.6 is 0 Å². The fraction of sp³-hybridized carbons (Fsp3) is 0.333. The van der Waals surface area contributed by atoms with Crippen LogP contribution in [0.15, 0.2) is 36.4 Å². The highest BCUT2D eigenvalue weighted by Crippen LogP contribution is 2.24. The molecule has 0 unspecified atom stereocenters. The van der Waals surface area contributed by atoms with Gasteiger partial charge in [-0.1, -0.05) is 18.2 Å². The van der Waals surface area contributed by atoms with Crippen molar-refractivity contribution in [2.45, 2.75) is 33.9 Å². The first-order valence-corrected chi connectivity index (χ1v) is 7.31. The summed E-state index contributed by atoms with van der Waals surface area (Å²) in [6.07, 6.45) is 0. The topological polar surface area (TPSA) is 41.5 Å². The molecule has 0 aliphatic carbocycles. The molecule has 0 radical (unpaired) electrons. The predicted octanol–water partition coefficient (Wildman–Crippen LogP) is 3.81. The molecule has 0 bridgehead atoms. The van der Waals surface area contributed by atoms with E-state index in [-0.39, 0.29) is 6.61 Å². The Bertz CT molecular complexity index is 588. The van der Waals surface area contributed by atoms with Gasteiger partial charge in [-0.2, -0.15) is 0 Å². The monoisotopic (exact) mass is 285 g/mol. The Morgan fingerprint density at radius 2 is 1.81 bits per heavy atom. The van der Waals surface area contributed by atoms with Gasteiger partial charge in [0.2, 0.25) is 0 Å². The minimum atomic E-state index is -0.0196. The van der Waals surface area contributed by atoms with E-state index in [2.05, 4.69) is 37.4 Å². The average molecular weight is 285 g/mol. The number of anilines is 1. The van der Waals surface area contributed by atoms with Gasteiger partial charge in [0.15, 0.2) is 0 Å². The molecule has 0 heterocycles. The van der Waals surface area contributed by atoms with E-state index in [1.807, 2.05) is 25.1 Å². The van der Waals surface area contributed by atoms with Crippen molar-refractivity contribution in [1.29, 1.82) is 0 Å². The molecule has 0 saturated carbocycles. The molecule has 3 heteroatoms. The minimum Gasteiger partial charge on any atom is -0.494 e. The Hall–Kier alpha value is -2.00. The van der Waals surface area contributed by atoms with Gasteiger partial charge in [0.05, 0.1) is 13.2 Å². The van der Waals surface area contributed by atoms with E-state index in [4.69, 9.17) is 4.74 Å². The number of hydrogen-bond donors (Lipinski definition) is 2. The SMILES string of the molecule is CCOc1ccc(NCc2c(C)cccc2C)cc1CO. The average Bonchev–Trinajstić information content (AvgIpc) is 2.48. The van der Waals surface area contributed by atoms with Crippen molar-refractivity contribution < 1.29 is 9.84 Å². The van der Waals surface area contributed by atoms with Gasteiger partial charge in [-0.3, -0.25) is 0 Å². The van der Waals surface area contributed by atoms with Gasteiger partial charge >= 0.3 is 0 Å². The summed E-state index contributed by atoms with van der Waals surface area (Å²) in [5.74, 6) is 0.748. The van der Waals surface area contributed by atoms with E-state index < -0.39 is 0 Å². The molecule has 2 rings (SSSR count). The van der Waals surface area contributed by atoms with Gasteiger partial charge in [0.1, 0.15) is 5.75 Å². The molecule has 21 heavy (non-hydrogen) atoms. The first kappa shape index (κ1) is 15.4. The lowest BCUT2D eigenvalue weighted by Crippen LogP contribution is -2.04. The number of rotatable bonds is 6. The van der Waals surface area contributed by atoms with E-state index in [1.54, 1.807) is 0 Å². The molecule has 0 aliphatic heterocycles. The standard InChI is InChI=1S/C18H23NO2/c1-4-21-18-9-8-16(10-15(18)12-20)19-11-17-13(2)6-5-7-14(17)3/h5-10,19-20H,4,11-12H2,1-3H3. The number of benzene rings is 2. The molecule has 112 valence electrons. The second kappa shape index (κ2) is 7.14. The highest BCUT2D eigenvalue weighted by atomic mass is 16.5. The molecule has 2 N–H and O–H groups in total. The molecule has 3 nitrogen and oxygen atoms in total. The molecule has 0 atom stereocenters. The molecule has 0 saturated heterocycles. The Morgan fingerprint density at radius 1 is 1.10 bits per heavy atom. The summed E-state index contributed by atoms with van der Waals surface area (Å²) in [6.45, 7) is 7.55. The van der Waals surface area contributed by atoms with Gasteiger partial charge < -0.3 is 15.2 Å². The fourth-order valence-electron chi connectivity index (χ4n) is 2.43. The van der Waals surface area contributed by atoms with Crippen molar-refractivity contribution in [2.75, 3.05) is 11.9 Å². The number of ether oxygens (including phenoxy) is 1. The zero-order valence-electron chi connectivity index (χ0n) is 12.9. The molecule has 0 fully saturated rings. The van der Waals surface area contributed by atoms with Crippen LogP contribution in [0, 0.1) is 13.8 Å². The fourth-order valence-corrected chi connectivity index (χ4v) is 2.43. The third kappa shape index (κ3) is 3.76. The number of nitrogens with one attached hydrogen (secondary N) is 1. The normalized spacial score (nSPS) is 10.5. The van der Waals surface area contributed by atoms with E-state index in [1.165, 1.54) is 16.7 Å². The summed E-state index contributed by atoms with van der Waals surface area (Å²) in [6, 6.07) is 12.2. The largest absolute Gasteiger partial charge is 0.494 e. The van der Waals surface area contributed by atoms with Crippen LogP contribution in [0.25, 0.3) is 0 Å². The minimum absolute atomic E-state index is 0.0196. The maximum Gasteiger partial charge on any atom is 0.124 e. The van der Waals surface area contributed by atoms with E-state index in [9.17, 15) is 5.11 Å². The predicted molar refractivity (Wildman–Crippen MR) is 86.8 cm³/mol. The quantitative estimate of drug-likeness (QED) is 0.848. The Balaban J connectivity index is 2.13. The third-order valence-electron chi connectivity index (χ3n) is 3.64. The second-order valence-corrected chi connectivity index (χ2v) is 5.14. The summed E-state index contributed by atoms with van der Waals surface area (Å²) in [7, 11) is 0. The number of aliphatic hydroxyl groups is 1. The van der Waals surface area contributed by atoms with Crippen molar-refractivity contribution in [3.05, 3.63) is 58.7 Å². The maximum atomic E-state index is 9.44. The Labute approximate surface area is 126 Å². The van der Waals surface area contributed by atoms with E-state index in [0.717, 1.165) is 23.5 Å². The van der Waals surface area contributed by atoms with Gasteiger partial charge in [-0.25, -0.2) is 0 Å². The van der Waals surface area contributed by atoms with Crippen LogP contribution in [0.3, 0.4) is 0 Å². The van der Waals surface area contributed by atoms with Crippen LogP contribution in [0.2, 0.25) is 0 Å². The van der Waals surface area contributed by atoms with Crippen molar-refractivity contribution in [1.82, 2.24) is 0 Å². The highest BCUT2D eigenvalue weighted by molar-refractivity contribution is 5.52. The maximum absolute atomic E-state index is 9.44. The van der Waals surface area contributed by atoms with E-state index >= 15 is 0 Å². The first-order chi connectivity index (χ1) is 10.2. The lowest BCUT2D eigenvalue weighted by molar-refractivity contribution is 0.267. The summed E-state index contributed by atoms with van der Waals surface area (Å²) in [4.78, 5) is 0. The zero-order valence-corrected chi connectivity index (χ0v) is 12.9. The van der Waals surface area contributed by atoms with E-state index in [0.29, 0.717) is 6.61 Å². The van der Waals surface area contributed by atoms with Crippen molar-refractivity contribution in [3.8, 4) is 5.75 Å². The molecule has 2 aromatic rings. The Morgan fingerprint density at radius 3 is 2.43 bits per heavy atom. The molecule has 0 aromatic heterocycles. The van der Waals surface area contributed by atoms with Crippen LogP contribution in [0.4, 0.5) is 5.69 Å². The van der Waals surface area contributed by atoms with Gasteiger partial charge in [-0.05, 0) is 55.7 Å². The lowest BCUT2D eigenvalue weighted by atomic mass is 10.0. The second-order valence-electron chi connectivity index (χ2n) is 5.14. The summed E-state index contributed by atoms with van der Waals surface area (Å²) in [5.41, 5.74) is 5.69. The first-order valence-electron chi connectivity index (χ1n) is 7.31. The smallest absolute Gasteiger partial charge is 0.124 e. The number of aliphatic hydroxyl groups excluding tert-OH is 1. The molecule has 0 spiro atoms. The number of hydrogen-bond acceptors (Lipinski definition) is 3. The van der Waals surface area contributed by atoms with Crippen LogP contribution in [-0.4, -0.2) is 11.7 Å². The highest BCUT2D eigenvalue weighted by Gasteiger charge is 2.06. The molecule has 0 amide bonds. The van der Waals surface area contributed by atoms with Crippen LogP contribution in [0.5, 0.6) is 5.75 Å². The zero-order chi connectivity index (χ0) is 15.2. The van der Waals surface area contributed by atoms with Crippen molar-refractivity contribution in [3.63, 3.8) is 0 Å². The number of aryl methyl sites for hydroxylation is 2. The molecule has 0 aliphatic rings. The third-order valence-corrected chi connectivity index (χ3v) is 3.64. The van der Waals surface area contributed by atoms with Crippen LogP contribution in [0.1, 0.15) is 29.2 Å². The van der Waals surface area contributed by atoms with Gasteiger partial charge in [-0.15, -0.1) is 0 Å². The van der Waals surface area contributed by atoms with Crippen LogP contribution in [-0.2, 0) is 13.2 Å². The van der Waals surface area contributed by atoms with Crippen molar-refractivity contribution in [2.24, 2.45) is 0 Å². The van der Waals surface area contributed by atoms with Crippen LogP contribution < -0.4 is 10.1 Å².